The number of halogens is 3. The van der Waals surface area contributed by atoms with Crippen LogP contribution in [0, 0.1) is 0 Å². The highest BCUT2D eigenvalue weighted by Gasteiger charge is 2.38. The lowest BCUT2D eigenvalue weighted by atomic mass is 10.2. The van der Waals surface area contributed by atoms with Gasteiger partial charge in [0.05, 0.1) is 17.8 Å². The number of benzene rings is 1. The Morgan fingerprint density at radius 3 is 2.67 bits per heavy atom. The lowest BCUT2D eigenvalue weighted by Gasteiger charge is -2.09. The molecule has 0 N–H and O–H groups in total. The second-order valence-corrected chi connectivity index (χ2v) is 7.39. The maximum atomic E-state index is 12.7. The van der Waals surface area contributed by atoms with Crippen molar-refractivity contribution in [2.24, 2.45) is 0 Å². The zero-order chi connectivity index (χ0) is 22.0. The summed E-state index contributed by atoms with van der Waals surface area (Å²) in [5.41, 5.74) is -0.722. The van der Waals surface area contributed by atoms with Crippen LogP contribution in [-0.4, -0.2) is 30.9 Å². The summed E-state index contributed by atoms with van der Waals surface area (Å²) in [6.07, 6.45) is 7.25. The zero-order valence-electron chi connectivity index (χ0n) is 17.4. The SMILES string of the molecule is CC(C)OC(=O)CCC/C=C/C/C=C/CC1OC1COc1cccc(C(F)(F)F)c1. The van der Waals surface area contributed by atoms with Crippen LogP contribution >= 0.6 is 0 Å². The first-order chi connectivity index (χ1) is 14.3. The molecule has 7 heteroatoms. The molecule has 1 aliphatic rings. The van der Waals surface area contributed by atoms with E-state index in [1.807, 2.05) is 38.2 Å². The first kappa shape index (κ1) is 24.0. The van der Waals surface area contributed by atoms with Gasteiger partial charge in [0.15, 0.2) is 0 Å². The molecule has 1 heterocycles. The molecule has 0 spiro atoms. The number of carbonyl (C=O) groups excluding carboxylic acids is 1. The van der Waals surface area contributed by atoms with E-state index in [0.29, 0.717) is 6.42 Å². The van der Waals surface area contributed by atoms with Crippen molar-refractivity contribution >= 4 is 5.97 Å². The number of hydrogen-bond acceptors (Lipinski definition) is 4. The van der Waals surface area contributed by atoms with E-state index < -0.39 is 11.7 Å². The monoisotopic (exact) mass is 426 g/mol. The maximum Gasteiger partial charge on any atom is 0.416 e. The third-order valence-corrected chi connectivity index (χ3v) is 4.36. The number of unbranched alkanes of at least 4 members (excludes halogenated alkanes) is 1. The molecule has 2 unspecified atom stereocenters. The van der Waals surface area contributed by atoms with E-state index in [4.69, 9.17) is 14.2 Å². The Hall–Kier alpha value is -2.28. The van der Waals surface area contributed by atoms with Gasteiger partial charge in [0, 0.05) is 6.42 Å². The Balaban J connectivity index is 1.53. The third kappa shape index (κ3) is 9.48. The van der Waals surface area contributed by atoms with Gasteiger partial charge in [-0.05, 0) is 57.7 Å². The van der Waals surface area contributed by atoms with E-state index in [2.05, 4.69) is 0 Å². The van der Waals surface area contributed by atoms with Gasteiger partial charge in [-0.3, -0.25) is 4.79 Å². The first-order valence-electron chi connectivity index (χ1n) is 10.2. The van der Waals surface area contributed by atoms with E-state index in [1.165, 1.54) is 12.1 Å². The van der Waals surface area contributed by atoms with Crippen LogP contribution in [0.25, 0.3) is 0 Å². The van der Waals surface area contributed by atoms with Gasteiger partial charge in [0.2, 0.25) is 0 Å². The lowest BCUT2D eigenvalue weighted by Crippen LogP contribution is -2.10. The van der Waals surface area contributed by atoms with Gasteiger partial charge in [0.1, 0.15) is 18.5 Å². The summed E-state index contributed by atoms with van der Waals surface area (Å²) in [5.74, 6) is 0.0338. The van der Waals surface area contributed by atoms with Gasteiger partial charge in [-0.1, -0.05) is 30.4 Å². The minimum atomic E-state index is -4.38. The second-order valence-electron chi connectivity index (χ2n) is 7.39. The molecular formula is C23H29F3O4. The molecule has 1 aliphatic heterocycles. The van der Waals surface area contributed by atoms with E-state index in [1.54, 1.807) is 0 Å². The average Bonchev–Trinajstić information content (AvgIpc) is 3.42. The summed E-state index contributed by atoms with van der Waals surface area (Å²) >= 11 is 0. The Morgan fingerprint density at radius 2 is 1.93 bits per heavy atom. The van der Waals surface area contributed by atoms with Gasteiger partial charge < -0.3 is 14.2 Å². The van der Waals surface area contributed by atoms with Crippen LogP contribution in [0.5, 0.6) is 5.75 Å². The first-order valence-corrected chi connectivity index (χ1v) is 10.2. The summed E-state index contributed by atoms with van der Waals surface area (Å²) in [6.45, 7) is 3.91. The standard InChI is InChI=1S/C23H29F3O4/c1-17(2)29-22(27)14-9-7-5-3-4-6-8-13-20-21(30-20)16-28-19-12-10-11-18(15-19)23(24,25)26/h3,5-6,8,10-12,15,17,20-21H,4,7,9,13-14,16H2,1-2H3/b5-3+,8-6+. The predicted octanol–water partition coefficient (Wildman–Crippen LogP) is 5.87. The number of hydrogen-bond donors (Lipinski definition) is 0. The van der Waals surface area contributed by atoms with Gasteiger partial charge in [-0.25, -0.2) is 0 Å². The quantitative estimate of drug-likeness (QED) is 0.182. The Morgan fingerprint density at radius 1 is 1.17 bits per heavy atom. The van der Waals surface area contributed by atoms with E-state index in [-0.39, 0.29) is 36.6 Å². The summed E-state index contributed by atoms with van der Waals surface area (Å²) in [6, 6.07) is 4.85. The lowest BCUT2D eigenvalue weighted by molar-refractivity contribution is -0.147. The zero-order valence-corrected chi connectivity index (χ0v) is 17.4. The molecule has 1 aromatic rings. The van der Waals surface area contributed by atoms with Crippen molar-refractivity contribution in [1.29, 1.82) is 0 Å². The van der Waals surface area contributed by atoms with Crippen molar-refractivity contribution in [2.45, 2.75) is 70.4 Å². The van der Waals surface area contributed by atoms with Crippen molar-refractivity contribution < 1.29 is 32.2 Å². The van der Waals surface area contributed by atoms with Crippen LogP contribution in [0.3, 0.4) is 0 Å². The fraction of sp³-hybridized carbons (Fsp3) is 0.522. The third-order valence-electron chi connectivity index (χ3n) is 4.36. The molecule has 1 saturated heterocycles. The Labute approximate surface area is 175 Å². The molecule has 4 nitrogen and oxygen atoms in total. The molecule has 0 radical (unpaired) electrons. The number of carbonyl (C=O) groups is 1. The fourth-order valence-electron chi connectivity index (χ4n) is 2.78. The molecule has 166 valence electrons. The Kier molecular flexibility index (Phi) is 9.43. The van der Waals surface area contributed by atoms with Gasteiger partial charge in [-0.15, -0.1) is 0 Å². The Bertz CT molecular complexity index is 725. The topological polar surface area (TPSA) is 48.1 Å². The summed E-state index contributed by atoms with van der Waals surface area (Å²) in [5, 5.41) is 0. The van der Waals surface area contributed by atoms with Crippen LogP contribution < -0.4 is 4.74 Å². The molecule has 2 rings (SSSR count). The summed E-state index contributed by atoms with van der Waals surface area (Å²) in [4.78, 5) is 11.4. The van der Waals surface area contributed by atoms with Crippen molar-refractivity contribution in [3.63, 3.8) is 0 Å². The number of esters is 1. The van der Waals surface area contributed by atoms with Crippen LogP contribution in [0.1, 0.15) is 51.5 Å². The molecule has 0 aromatic heterocycles. The summed E-state index contributed by atoms with van der Waals surface area (Å²) in [7, 11) is 0. The van der Waals surface area contributed by atoms with Crippen LogP contribution in [0.15, 0.2) is 48.6 Å². The summed E-state index contributed by atoms with van der Waals surface area (Å²) < 4.78 is 54.1. The van der Waals surface area contributed by atoms with Crippen molar-refractivity contribution in [3.05, 3.63) is 54.1 Å². The van der Waals surface area contributed by atoms with E-state index in [0.717, 1.165) is 37.8 Å². The van der Waals surface area contributed by atoms with Gasteiger partial charge in [0.25, 0.3) is 0 Å². The van der Waals surface area contributed by atoms with Crippen LogP contribution in [-0.2, 0) is 20.4 Å². The molecule has 0 saturated carbocycles. The molecule has 0 aliphatic carbocycles. The van der Waals surface area contributed by atoms with Crippen LogP contribution in [0.4, 0.5) is 13.2 Å². The van der Waals surface area contributed by atoms with E-state index in [9.17, 15) is 18.0 Å². The second kappa shape index (κ2) is 11.8. The largest absolute Gasteiger partial charge is 0.491 e. The van der Waals surface area contributed by atoms with Gasteiger partial charge >= 0.3 is 12.1 Å². The number of epoxide rings is 1. The normalized spacial score (nSPS) is 19.0. The minimum absolute atomic E-state index is 0.0444. The highest BCUT2D eigenvalue weighted by atomic mass is 19.4. The highest BCUT2D eigenvalue weighted by molar-refractivity contribution is 5.69. The average molecular weight is 426 g/mol. The molecular weight excluding hydrogens is 397 g/mol. The molecule has 2 atom stereocenters. The molecule has 0 bridgehead atoms. The number of allylic oxidation sites excluding steroid dienone is 3. The molecule has 1 fully saturated rings. The minimum Gasteiger partial charge on any atom is -0.491 e. The molecule has 30 heavy (non-hydrogen) atoms. The number of ether oxygens (including phenoxy) is 3. The smallest absolute Gasteiger partial charge is 0.416 e. The van der Waals surface area contributed by atoms with Crippen molar-refractivity contribution in [3.8, 4) is 5.75 Å². The van der Waals surface area contributed by atoms with Crippen LogP contribution in [0.2, 0.25) is 0 Å². The predicted molar refractivity (Wildman–Crippen MR) is 108 cm³/mol. The highest BCUT2D eigenvalue weighted by Crippen LogP contribution is 2.32. The van der Waals surface area contributed by atoms with Crippen molar-refractivity contribution in [2.75, 3.05) is 6.61 Å². The van der Waals surface area contributed by atoms with Crippen molar-refractivity contribution in [1.82, 2.24) is 0 Å². The molecule has 0 amide bonds. The van der Waals surface area contributed by atoms with E-state index >= 15 is 0 Å². The number of rotatable bonds is 12. The maximum absolute atomic E-state index is 12.7. The van der Waals surface area contributed by atoms with Gasteiger partial charge in [-0.2, -0.15) is 13.2 Å². The fourth-order valence-corrected chi connectivity index (χ4v) is 2.78. The molecule has 1 aromatic carbocycles. The number of alkyl halides is 3.